The third-order valence-electron chi connectivity index (χ3n) is 3.58. The van der Waals surface area contributed by atoms with Gasteiger partial charge in [0.15, 0.2) is 0 Å². The lowest BCUT2D eigenvalue weighted by Gasteiger charge is -2.38. The van der Waals surface area contributed by atoms with Crippen molar-refractivity contribution in [2.75, 3.05) is 13.1 Å². The van der Waals surface area contributed by atoms with Crippen molar-refractivity contribution in [3.63, 3.8) is 0 Å². The van der Waals surface area contributed by atoms with E-state index in [1.807, 2.05) is 6.07 Å². The Balaban J connectivity index is 1.88. The maximum absolute atomic E-state index is 13.8. The molecule has 1 amide bonds. The van der Waals surface area contributed by atoms with Crippen molar-refractivity contribution >= 4 is 5.91 Å². The van der Waals surface area contributed by atoms with Crippen LogP contribution in [0.15, 0.2) is 41.0 Å². The molecule has 1 fully saturated rings. The van der Waals surface area contributed by atoms with Crippen molar-refractivity contribution in [2.24, 2.45) is 0 Å². The zero-order valence-corrected chi connectivity index (χ0v) is 10.6. The molecular formula is C15H14FNO2. The highest BCUT2D eigenvalue weighted by Gasteiger charge is 2.33. The first-order valence-corrected chi connectivity index (χ1v) is 6.24. The summed E-state index contributed by atoms with van der Waals surface area (Å²) in [5, 5.41) is 0. The molecule has 0 atom stereocenters. The number of amides is 1. The van der Waals surface area contributed by atoms with Crippen LogP contribution in [0.1, 0.15) is 18.4 Å². The van der Waals surface area contributed by atoms with Gasteiger partial charge in [-0.2, -0.15) is 0 Å². The number of nitrogens with zero attached hydrogens (tertiary/aromatic N) is 1. The molecular weight excluding hydrogens is 245 g/mol. The number of benzene rings is 1. The first-order chi connectivity index (χ1) is 9.16. The Morgan fingerprint density at radius 1 is 1.32 bits per heavy atom. The van der Waals surface area contributed by atoms with Crippen molar-refractivity contribution in [1.29, 1.82) is 0 Å². The Bertz CT molecular complexity index is 614. The minimum Gasteiger partial charge on any atom is -0.464 e. The second-order valence-corrected chi connectivity index (χ2v) is 4.81. The maximum atomic E-state index is 13.8. The molecule has 1 aromatic heterocycles. The number of carbonyl (C=O) groups excluding carboxylic acids is 1. The summed E-state index contributed by atoms with van der Waals surface area (Å²) >= 11 is 0. The van der Waals surface area contributed by atoms with Crippen LogP contribution in [-0.2, 0) is 4.79 Å². The van der Waals surface area contributed by atoms with E-state index in [-0.39, 0.29) is 17.6 Å². The second kappa shape index (κ2) is 4.53. The fraction of sp³-hybridized carbons (Fsp3) is 0.267. The van der Waals surface area contributed by atoms with Crippen molar-refractivity contribution < 1.29 is 13.6 Å². The maximum Gasteiger partial charge on any atom is 0.219 e. The molecule has 1 aliphatic rings. The zero-order valence-electron chi connectivity index (χ0n) is 10.6. The summed E-state index contributed by atoms with van der Waals surface area (Å²) in [5.74, 6) is 0.595. The lowest BCUT2D eigenvalue weighted by molar-refractivity contribution is -0.133. The monoisotopic (exact) mass is 259 g/mol. The fourth-order valence-electron chi connectivity index (χ4n) is 2.44. The molecule has 1 aromatic carbocycles. The van der Waals surface area contributed by atoms with Gasteiger partial charge in [-0.1, -0.05) is 12.1 Å². The molecule has 0 aliphatic carbocycles. The highest BCUT2D eigenvalue weighted by Crippen LogP contribution is 2.36. The normalized spacial score (nSPS) is 15.4. The lowest BCUT2D eigenvalue weighted by Crippen LogP contribution is -2.47. The highest BCUT2D eigenvalue weighted by atomic mass is 19.1. The molecule has 2 aromatic rings. The summed E-state index contributed by atoms with van der Waals surface area (Å²) in [7, 11) is 0. The van der Waals surface area contributed by atoms with E-state index in [2.05, 4.69) is 0 Å². The standard InChI is InChI=1S/C15H14FNO2/c1-10(18)17-8-11(9-17)12-6-7-19-15(12)13-4-2-3-5-14(13)16/h2-7,11H,8-9H2,1H3. The summed E-state index contributed by atoms with van der Waals surface area (Å²) in [6.07, 6.45) is 1.58. The summed E-state index contributed by atoms with van der Waals surface area (Å²) in [6.45, 7) is 2.91. The van der Waals surface area contributed by atoms with Crippen LogP contribution in [0.25, 0.3) is 11.3 Å². The SMILES string of the molecule is CC(=O)N1CC(c2ccoc2-c2ccccc2F)C1. The smallest absolute Gasteiger partial charge is 0.219 e. The van der Waals surface area contributed by atoms with E-state index in [0.29, 0.717) is 24.4 Å². The summed E-state index contributed by atoms with van der Waals surface area (Å²) in [6, 6.07) is 8.43. The molecule has 0 unspecified atom stereocenters. The van der Waals surface area contributed by atoms with Gasteiger partial charge in [0.05, 0.1) is 11.8 Å². The molecule has 3 nitrogen and oxygen atoms in total. The van der Waals surface area contributed by atoms with Gasteiger partial charge in [-0.3, -0.25) is 4.79 Å². The van der Waals surface area contributed by atoms with Gasteiger partial charge in [-0.05, 0) is 18.2 Å². The van der Waals surface area contributed by atoms with Gasteiger partial charge in [0, 0.05) is 31.5 Å². The highest BCUT2D eigenvalue weighted by molar-refractivity contribution is 5.75. The number of hydrogen-bond donors (Lipinski definition) is 0. The van der Waals surface area contributed by atoms with Gasteiger partial charge in [0.25, 0.3) is 0 Å². The molecule has 0 saturated carbocycles. The minimum absolute atomic E-state index is 0.0761. The third kappa shape index (κ3) is 2.03. The average Bonchev–Trinajstić information content (AvgIpc) is 2.76. The van der Waals surface area contributed by atoms with Crippen molar-refractivity contribution in [1.82, 2.24) is 4.90 Å². The Morgan fingerprint density at radius 3 is 2.74 bits per heavy atom. The summed E-state index contributed by atoms with van der Waals surface area (Å²) < 4.78 is 19.2. The van der Waals surface area contributed by atoms with Gasteiger partial charge < -0.3 is 9.32 Å². The number of halogens is 1. The summed E-state index contributed by atoms with van der Waals surface area (Å²) in [5.41, 5.74) is 1.45. The van der Waals surface area contributed by atoms with Crippen molar-refractivity contribution in [3.8, 4) is 11.3 Å². The quantitative estimate of drug-likeness (QED) is 0.830. The van der Waals surface area contributed by atoms with Crippen LogP contribution < -0.4 is 0 Å². The number of hydrogen-bond acceptors (Lipinski definition) is 2. The molecule has 19 heavy (non-hydrogen) atoms. The van der Waals surface area contributed by atoms with Crippen LogP contribution >= 0.6 is 0 Å². The van der Waals surface area contributed by atoms with Crippen LogP contribution in [0.3, 0.4) is 0 Å². The van der Waals surface area contributed by atoms with Gasteiger partial charge in [-0.15, -0.1) is 0 Å². The summed E-state index contributed by atoms with van der Waals surface area (Å²) in [4.78, 5) is 13.0. The molecule has 0 bridgehead atoms. The lowest BCUT2D eigenvalue weighted by atomic mass is 9.90. The van der Waals surface area contributed by atoms with Crippen LogP contribution in [0.2, 0.25) is 0 Å². The van der Waals surface area contributed by atoms with E-state index < -0.39 is 0 Å². The van der Waals surface area contributed by atoms with E-state index in [1.54, 1.807) is 36.3 Å². The van der Waals surface area contributed by atoms with Crippen molar-refractivity contribution in [3.05, 3.63) is 48.0 Å². The number of rotatable bonds is 2. The van der Waals surface area contributed by atoms with Gasteiger partial charge in [0.2, 0.25) is 5.91 Å². The number of carbonyl (C=O) groups is 1. The van der Waals surface area contributed by atoms with E-state index in [1.165, 1.54) is 6.07 Å². The molecule has 0 N–H and O–H groups in total. The fourth-order valence-corrected chi connectivity index (χ4v) is 2.44. The molecule has 2 heterocycles. The van der Waals surface area contributed by atoms with E-state index in [9.17, 15) is 9.18 Å². The predicted molar refractivity (Wildman–Crippen MR) is 69.1 cm³/mol. The van der Waals surface area contributed by atoms with E-state index in [4.69, 9.17) is 4.42 Å². The Labute approximate surface area is 110 Å². The topological polar surface area (TPSA) is 33.5 Å². The third-order valence-corrected chi connectivity index (χ3v) is 3.58. The Hall–Kier alpha value is -2.10. The molecule has 1 saturated heterocycles. The van der Waals surface area contributed by atoms with Crippen LogP contribution in [-0.4, -0.2) is 23.9 Å². The molecule has 0 spiro atoms. The van der Waals surface area contributed by atoms with Gasteiger partial charge in [-0.25, -0.2) is 4.39 Å². The second-order valence-electron chi connectivity index (χ2n) is 4.81. The zero-order chi connectivity index (χ0) is 13.4. The van der Waals surface area contributed by atoms with Crippen LogP contribution in [0.5, 0.6) is 0 Å². The molecule has 4 heteroatoms. The Kier molecular flexibility index (Phi) is 2.85. The molecule has 3 rings (SSSR count). The van der Waals surface area contributed by atoms with E-state index in [0.717, 1.165) is 5.56 Å². The molecule has 0 radical (unpaired) electrons. The van der Waals surface area contributed by atoms with Crippen LogP contribution in [0, 0.1) is 5.82 Å². The van der Waals surface area contributed by atoms with E-state index >= 15 is 0 Å². The largest absolute Gasteiger partial charge is 0.464 e. The average molecular weight is 259 g/mol. The number of furan rings is 1. The molecule has 98 valence electrons. The predicted octanol–water partition coefficient (Wildman–Crippen LogP) is 3.03. The van der Waals surface area contributed by atoms with Gasteiger partial charge in [0.1, 0.15) is 11.6 Å². The first-order valence-electron chi connectivity index (χ1n) is 6.24. The number of likely N-dealkylation sites (tertiary alicyclic amines) is 1. The van der Waals surface area contributed by atoms with Gasteiger partial charge >= 0.3 is 0 Å². The van der Waals surface area contributed by atoms with Crippen molar-refractivity contribution in [2.45, 2.75) is 12.8 Å². The molecule has 1 aliphatic heterocycles. The minimum atomic E-state index is -0.290. The first kappa shape index (κ1) is 12.0. The van der Waals surface area contributed by atoms with Crippen LogP contribution in [0.4, 0.5) is 4.39 Å². The Morgan fingerprint density at radius 2 is 2.05 bits per heavy atom.